The zero-order chi connectivity index (χ0) is 28.9. The lowest BCUT2D eigenvalue weighted by Crippen LogP contribution is -2.17. The minimum absolute atomic E-state index is 0.231. The van der Waals surface area contributed by atoms with Gasteiger partial charge in [0.05, 0.1) is 7.11 Å². The van der Waals surface area contributed by atoms with E-state index in [2.05, 4.69) is 28.7 Å². The Morgan fingerprint density at radius 1 is 0.800 bits per heavy atom. The van der Waals surface area contributed by atoms with Crippen LogP contribution in [0.25, 0.3) is 17.2 Å². The summed E-state index contributed by atoms with van der Waals surface area (Å²) in [7, 11) is 5.31. The fourth-order valence-corrected chi connectivity index (χ4v) is 3.92. The summed E-state index contributed by atoms with van der Waals surface area (Å²) in [4.78, 5) is 25.4. The standard InChI is InChI=1S/C27H29FN2O2.C7H6O/c1-5-29(2)24-14-12-21(13-15-24)22-10-11-23(26(28)18-22)19-30(3)25-8-6-7-20(17-25)9-16-27(31)32-4;8-6-7-4-2-1-3-5-7/h6-18H,5,19H2,1-4H3;1-6H/b16-9+;. The second kappa shape index (κ2) is 15.0. The number of carbonyl (C=O) groups is 2. The lowest BCUT2D eigenvalue weighted by Gasteiger charge is -2.20. The molecule has 0 unspecified atom stereocenters. The van der Waals surface area contributed by atoms with Crippen LogP contribution in [0.3, 0.4) is 0 Å². The van der Waals surface area contributed by atoms with Crippen LogP contribution < -0.4 is 9.80 Å². The van der Waals surface area contributed by atoms with Crippen molar-refractivity contribution >= 4 is 29.7 Å². The number of rotatable bonds is 9. The van der Waals surface area contributed by atoms with Gasteiger partial charge in [0.25, 0.3) is 0 Å². The molecule has 0 fully saturated rings. The predicted octanol–water partition coefficient (Wildman–Crippen LogP) is 7.27. The van der Waals surface area contributed by atoms with Gasteiger partial charge < -0.3 is 14.5 Å². The van der Waals surface area contributed by atoms with Crippen molar-refractivity contribution in [2.45, 2.75) is 13.5 Å². The molecule has 0 aromatic heterocycles. The summed E-state index contributed by atoms with van der Waals surface area (Å²) in [6.07, 6.45) is 3.91. The van der Waals surface area contributed by atoms with E-state index in [0.29, 0.717) is 12.1 Å². The molecule has 4 aromatic rings. The molecule has 6 heteroatoms. The molecule has 40 heavy (non-hydrogen) atoms. The third kappa shape index (κ3) is 8.67. The monoisotopic (exact) mass is 538 g/mol. The quantitative estimate of drug-likeness (QED) is 0.127. The Kier molecular flexibility index (Phi) is 11.2. The van der Waals surface area contributed by atoms with Crippen molar-refractivity contribution in [1.82, 2.24) is 0 Å². The molecule has 4 rings (SSSR count). The molecule has 0 aliphatic rings. The maximum atomic E-state index is 14.9. The fraction of sp³-hybridized carbons (Fsp3) is 0.176. The molecular formula is C34H35FN2O3. The topological polar surface area (TPSA) is 49.9 Å². The lowest BCUT2D eigenvalue weighted by atomic mass is 10.0. The van der Waals surface area contributed by atoms with Gasteiger partial charge in [0, 0.05) is 55.8 Å². The van der Waals surface area contributed by atoms with E-state index in [9.17, 15) is 14.0 Å². The molecule has 0 saturated heterocycles. The molecule has 4 aromatic carbocycles. The SMILES string of the molecule is CCN(C)c1ccc(-c2ccc(CN(C)c3cccc(/C=C/C(=O)OC)c3)c(F)c2)cc1.O=Cc1ccccc1. The van der Waals surface area contributed by atoms with Crippen molar-refractivity contribution < 1.29 is 18.7 Å². The van der Waals surface area contributed by atoms with Gasteiger partial charge in [-0.15, -0.1) is 0 Å². The normalized spacial score (nSPS) is 10.4. The summed E-state index contributed by atoms with van der Waals surface area (Å²) in [5, 5.41) is 0. The van der Waals surface area contributed by atoms with E-state index in [0.717, 1.165) is 46.5 Å². The molecule has 0 N–H and O–H groups in total. The molecule has 0 aliphatic carbocycles. The first-order valence-electron chi connectivity index (χ1n) is 13.0. The van der Waals surface area contributed by atoms with Crippen molar-refractivity contribution in [3.63, 3.8) is 0 Å². The fourth-order valence-electron chi connectivity index (χ4n) is 3.92. The number of halogens is 1. The molecule has 0 spiro atoms. The van der Waals surface area contributed by atoms with Crippen molar-refractivity contribution in [3.05, 3.63) is 126 Å². The van der Waals surface area contributed by atoms with Crippen LogP contribution in [0.2, 0.25) is 0 Å². The smallest absolute Gasteiger partial charge is 0.330 e. The Balaban J connectivity index is 0.000000472. The molecule has 0 atom stereocenters. The summed E-state index contributed by atoms with van der Waals surface area (Å²) in [6, 6.07) is 30.4. The number of hydrogen-bond acceptors (Lipinski definition) is 5. The summed E-state index contributed by atoms with van der Waals surface area (Å²) < 4.78 is 19.5. The van der Waals surface area contributed by atoms with E-state index < -0.39 is 5.97 Å². The zero-order valence-corrected chi connectivity index (χ0v) is 23.4. The molecule has 0 amide bonds. The highest BCUT2D eigenvalue weighted by Crippen LogP contribution is 2.26. The van der Waals surface area contributed by atoms with E-state index in [1.54, 1.807) is 24.3 Å². The second-order valence-corrected chi connectivity index (χ2v) is 9.20. The van der Waals surface area contributed by atoms with Crippen LogP contribution in [0, 0.1) is 5.82 Å². The lowest BCUT2D eigenvalue weighted by molar-refractivity contribution is -0.134. The Bertz CT molecular complexity index is 1420. The Morgan fingerprint density at radius 2 is 1.48 bits per heavy atom. The van der Waals surface area contributed by atoms with Crippen LogP contribution in [0.5, 0.6) is 0 Å². The van der Waals surface area contributed by atoms with E-state index >= 15 is 0 Å². The van der Waals surface area contributed by atoms with Crippen LogP contribution in [0.1, 0.15) is 28.4 Å². The van der Waals surface area contributed by atoms with Crippen molar-refractivity contribution in [3.8, 4) is 11.1 Å². The summed E-state index contributed by atoms with van der Waals surface area (Å²) in [6.45, 7) is 3.46. The van der Waals surface area contributed by atoms with E-state index in [1.165, 1.54) is 13.2 Å². The first kappa shape index (κ1) is 29.8. The average molecular weight is 539 g/mol. The number of benzene rings is 4. The number of esters is 1. The first-order valence-corrected chi connectivity index (χ1v) is 13.0. The van der Waals surface area contributed by atoms with E-state index in [4.69, 9.17) is 0 Å². The number of carbonyl (C=O) groups excluding carboxylic acids is 2. The van der Waals surface area contributed by atoms with Gasteiger partial charge in [0.1, 0.15) is 12.1 Å². The first-order chi connectivity index (χ1) is 19.3. The minimum Gasteiger partial charge on any atom is -0.466 e. The third-order valence-electron chi connectivity index (χ3n) is 6.44. The molecule has 0 bridgehead atoms. The van der Waals surface area contributed by atoms with Crippen molar-refractivity contribution in [2.24, 2.45) is 0 Å². The van der Waals surface area contributed by atoms with Crippen molar-refractivity contribution in [1.29, 1.82) is 0 Å². The minimum atomic E-state index is -0.405. The van der Waals surface area contributed by atoms with Gasteiger partial charge in [-0.3, -0.25) is 4.79 Å². The van der Waals surface area contributed by atoms with E-state index in [-0.39, 0.29) is 5.82 Å². The number of anilines is 2. The average Bonchev–Trinajstić information content (AvgIpc) is 3.01. The Morgan fingerprint density at radius 3 is 2.08 bits per heavy atom. The molecule has 0 heterocycles. The van der Waals surface area contributed by atoms with Gasteiger partial charge in [0.15, 0.2) is 0 Å². The highest BCUT2D eigenvalue weighted by atomic mass is 19.1. The van der Waals surface area contributed by atoms with E-state index in [1.807, 2.05) is 85.7 Å². The largest absolute Gasteiger partial charge is 0.466 e. The third-order valence-corrected chi connectivity index (χ3v) is 6.44. The van der Waals surface area contributed by atoms with Crippen LogP contribution in [-0.4, -0.2) is 40.0 Å². The molecule has 0 saturated carbocycles. The highest BCUT2D eigenvalue weighted by molar-refractivity contribution is 5.87. The van der Waals surface area contributed by atoms with Crippen molar-refractivity contribution in [2.75, 3.05) is 37.5 Å². The number of methoxy groups -OCH3 is 1. The van der Waals surface area contributed by atoms with Crippen LogP contribution in [0.15, 0.2) is 103 Å². The van der Waals surface area contributed by atoms with Gasteiger partial charge in [-0.2, -0.15) is 0 Å². The summed E-state index contributed by atoms with van der Waals surface area (Å²) >= 11 is 0. The molecular weight excluding hydrogens is 503 g/mol. The van der Waals surface area contributed by atoms with Gasteiger partial charge in [0.2, 0.25) is 0 Å². The Hall–Kier alpha value is -4.71. The molecule has 206 valence electrons. The zero-order valence-electron chi connectivity index (χ0n) is 23.4. The predicted molar refractivity (Wildman–Crippen MR) is 162 cm³/mol. The van der Waals surface area contributed by atoms with Crippen LogP contribution >= 0.6 is 0 Å². The van der Waals surface area contributed by atoms with Gasteiger partial charge >= 0.3 is 5.97 Å². The summed E-state index contributed by atoms with van der Waals surface area (Å²) in [5.41, 5.74) is 6.13. The van der Waals surface area contributed by atoms with Gasteiger partial charge in [-0.1, -0.05) is 66.7 Å². The number of nitrogens with zero attached hydrogens (tertiary/aromatic N) is 2. The number of hydrogen-bond donors (Lipinski definition) is 0. The van der Waals surface area contributed by atoms with Crippen LogP contribution in [0.4, 0.5) is 15.8 Å². The maximum Gasteiger partial charge on any atom is 0.330 e. The Labute approximate surface area is 236 Å². The summed E-state index contributed by atoms with van der Waals surface area (Å²) in [5.74, 6) is -0.635. The number of aldehydes is 1. The highest BCUT2D eigenvalue weighted by Gasteiger charge is 2.10. The van der Waals surface area contributed by atoms with Gasteiger partial charge in [-0.05, 0) is 60.0 Å². The second-order valence-electron chi connectivity index (χ2n) is 9.20. The number of ether oxygens (including phenoxy) is 1. The maximum absolute atomic E-state index is 14.9. The molecule has 0 aliphatic heterocycles. The molecule has 5 nitrogen and oxygen atoms in total. The molecule has 0 radical (unpaired) electrons. The van der Waals surface area contributed by atoms with Gasteiger partial charge in [-0.25, -0.2) is 9.18 Å². The van der Waals surface area contributed by atoms with Crippen LogP contribution in [-0.2, 0) is 16.1 Å².